The van der Waals surface area contributed by atoms with Crippen LogP contribution in [0.25, 0.3) is 0 Å². The van der Waals surface area contributed by atoms with Crippen molar-refractivity contribution in [2.75, 3.05) is 0 Å². The number of carbonyl (C=O) groups is 1. The van der Waals surface area contributed by atoms with Crippen molar-refractivity contribution < 1.29 is 9.21 Å². The number of ketones is 1. The number of Topliss-reactive ketones (excluding diaryl/α,β-unsaturated/α-hetero) is 1. The summed E-state index contributed by atoms with van der Waals surface area (Å²) in [6, 6.07) is 3.77. The Balaban J connectivity index is 2.27. The van der Waals surface area contributed by atoms with Crippen LogP contribution in [0, 0.1) is 5.92 Å². The number of furan rings is 1. The maximum atomic E-state index is 11.6. The first kappa shape index (κ1) is 11.0. The monoisotopic (exact) mass is 194 g/mol. The molecule has 1 aromatic rings. The van der Waals surface area contributed by atoms with E-state index in [9.17, 15) is 4.79 Å². The molecule has 0 aliphatic rings. The van der Waals surface area contributed by atoms with Crippen molar-refractivity contribution in [3.05, 3.63) is 24.2 Å². The molecular weight excluding hydrogens is 176 g/mol. The molecule has 0 aliphatic carbocycles. The zero-order chi connectivity index (χ0) is 10.4. The Labute approximate surface area is 85.3 Å². The maximum Gasteiger partial charge on any atom is 0.136 e. The van der Waals surface area contributed by atoms with E-state index in [-0.39, 0.29) is 5.92 Å². The van der Waals surface area contributed by atoms with Gasteiger partial charge in [0.15, 0.2) is 0 Å². The summed E-state index contributed by atoms with van der Waals surface area (Å²) >= 11 is 0. The van der Waals surface area contributed by atoms with Gasteiger partial charge in [0, 0.05) is 18.8 Å². The summed E-state index contributed by atoms with van der Waals surface area (Å²) in [6.07, 6.45) is 5.06. The lowest BCUT2D eigenvalue weighted by atomic mass is 9.97. The Kier molecular flexibility index (Phi) is 4.44. The van der Waals surface area contributed by atoms with Gasteiger partial charge in [-0.05, 0) is 18.6 Å². The largest absolute Gasteiger partial charge is 0.469 e. The number of carbonyl (C=O) groups excluding carboxylic acids is 1. The van der Waals surface area contributed by atoms with Gasteiger partial charge < -0.3 is 4.42 Å². The second-order valence-corrected chi connectivity index (χ2v) is 3.74. The van der Waals surface area contributed by atoms with Crippen molar-refractivity contribution in [1.82, 2.24) is 0 Å². The molecule has 0 saturated carbocycles. The first-order valence-electron chi connectivity index (χ1n) is 5.29. The highest BCUT2D eigenvalue weighted by atomic mass is 16.3. The van der Waals surface area contributed by atoms with Crippen LogP contribution < -0.4 is 0 Å². The van der Waals surface area contributed by atoms with Gasteiger partial charge in [-0.15, -0.1) is 0 Å². The maximum absolute atomic E-state index is 11.6. The van der Waals surface area contributed by atoms with Crippen LogP contribution in [0.3, 0.4) is 0 Å². The fraction of sp³-hybridized carbons (Fsp3) is 0.583. The lowest BCUT2D eigenvalue weighted by Gasteiger charge is -2.07. The molecule has 0 radical (unpaired) electrons. The smallest absolute Gasteiger partial charge is 0.136 e. The molecule has 0 aliphatic heterocycles. The minimum atomic E-state index is 0.204. The van der Waals surface area contributed by atoms with Crippen LogP contribution >= 0.6 is 0 Å². The topological polar surface area (TPSA) is 30.2 Å². The van der Waals surface area contributed by atoms with Gasteiger partial charge in [0.1, 0.15) is 11.5 Å². The highest BCUT2D eigenvalue weighted by Gasteiger charge is 2.11. The third kappa shape index (κ3) is 3.36. The second kappa shape index (κ2) is 5.63. The summed E-state index contributed by atoms with van der Waals surface area (Å²) in [4.78, 5) is 11.6. The summed E-state index contributed by atoms with van der Waals surface area (Å²) in [5.41, 5.74) is 0. The molecule has 1 rings (SSSR count). The molecule has 0 amide bonds. The standard InChI is InChI=1S/C12H18O2/c1-3-5-10(2)12(13)8-7-11-6-4-9-14-11/h4,6,9-10H,3,5,7-8H2,1-2H3. The predicted molar refractivity (Wildman–Crippen MR) is 56.1 cm³/mol. The van der Waals surface area contributed by atoms with E-state index in [0.717, 1.165) is 25.0 Å². The van der Waals surface area contributed by atoms with E-state index in [1.807, 2.05) is 19.1 Å². The van der Waals surface area contributed by atoms with Crippen molar-refractivity contribution in [3.63, 3.8) is 0 Å². The van der Waals surface area contributed by atoms with Crippen molar-refractivity contribution in [3.8, 4) is 0 Å². The summed E-state index contributed by atoms with van der Waals surface area (Å²) in [5.74, 6) is 1.46. The zero-order valence-corrected chi connectivity index (χ0v) is 8.95. The number of hydrogen-bond donors (Lipinski definition) is 0. The predicted octanol–water partition coefficient (Wildman–Crippen LogP) is 3.22. The number of aryl methyl sites for hydroxylation is 1. The summed E-state index contributed by atoms with van der Waals surface area (Å²) in [5, 5.41) is 0. The van der Waals surface area contributed by atoms with Gasteiger partial charge in [-0.3, -0.25) is 4.79 Å². The Morgan fingerprint density at radius 3 is 2.93 bits per heavy atom. The van der Waals surface area contributed by atoms with E-state index in [4.69, 9.17) is 4.42 Å². The lowest BCUT2D eigenvalue weighted by molar-refractivity contribution is -0.122. The highest BCUT2D eigenvalue weighted by molar-refractivity contribution is 5.80. The van der Waals surface area contributed by atoms with Crippen LogP contribution in [0.4, 0.5) is 0 Å². The Bertz CT molecular complexity index is 262. The molecule has 0 aromatic carbocycles. The summed E-state index contributed by atoms with van der Waals surface area (Å²) < 4.78 is 5.17. The SMILES string of the molecule is CCCC(C)C(=O)CCc1ccco1. The van der Waals surface area contributed by atoms with Crippen molar-refractivity contribution in [2.24, 2.45) is 5.92 Å². The van der Waals surface area contributed by atoms with Crippen molar-refractivity contribution in [2.45, 2.75) is 39.5 Å². The van der Waals surface area contributed by atoms with Crippen molar-refractivity contribution in [1.29, 1.82) is 0 Å². The molecule has 1 atom stereocenters. The molecule has 1 heterocycles. The van der Waals surface area contributed by atoms with Gasteiger partial charge >= 0.3 is 0 Å². The summed E-state index contributed by atoms with van der Waals surface area (Å²) in [6.45, 7) is 4.12. The Morgan fingerprint density at radius 2 is 2.36 bits per heavy atom. The number of hydrogen-bond acceptors (Lipinski definition) is 2. The molecule has 1 unspecified atom stereocenters. The minimum absolute atomic E-state index is 0.204. The molecule has 0 saturated heterocycles. The van der Waals surface area contributed by atoms with E-state index in [2.05, 4.69) is 6.92 Å². The lowest BCUT2D eigenvalue weighted by Crippen LogP contribution is -2.11. The third-order valence-corrected chi connectivity index (χ3v) is 2.47. The van der Waals surface area contributed by atoms with E-state index in [1.54, 1.807) is 6.26 Å². The fourth-order valence-electron chi connectivity index (χ4n) is 1.54. The number of rotatable bonds is 6. The summed E-state index contributed by atoms with van der Waals surface area (Å²) in [7, 11) is 0. The van der Waals surface area contributed by atoms with Gasteiger partial charge in [-0.2, -0.15) is 0 Å². The van der Waals surface area contributed by atoms with Crippen LogP contribution in [0.15, 0.2) is 22.8 Å². The van der Waals surface area contributed by atoms with E-state index in [1.165, 1.54) is 0 Å². The molecule has 0 fully saturated rings. The van der Waals surface area contributed by atoms with Crippen molar-refractivity contribution >= 4 is 5.78 Å². The van der Waals surface area contributed by atoms with Gasteiger partial charge in [0.2, 0.25) is 0 Å². The van der Waals surface area contributed by atoms with Crippen LogP contribution in [-0.2, 0) is 11.2 Å². The molecule has 0 bridgehead atoms. The van der Waals surface area contributed by atoms with Crippen LogP contribution in [0.1, 0.15) is 38.9 Å². The molecule has 0 N–H and O–H groups in total. The van der Waals surface area contributed by atoms with Crippen LogP contribution in [0.2, 0.25) is 0 Å². The molecule has 78 valence electrons. The molecule has 2 nitrogen and oxygen atoms in total. The normalized spacial score (nSPS) is 12.7. The Hall–Kier alpha value is -1.05. The van der Waals surface area contributed by atoms with Gasteiger partial charge in [0.25, 0.3) is 0 Å². The molecule has 1 aromatic heterocycles. The van der Waals surface area contributed by atoms with E-state index in [0.29, 0.717) is 12.2 Å². The van der Waals surface area contributed by atoms with Gasteiger partial charge in [-0.25, -0.2) is 0 Å². The average molecular weight is 194 g/mol. The minimum Gasteiger partial charge on any atom is -0.469 e. The van der Waals surface area contributed by atoms with Gasteiger partial charge in [0.05, 0.1) is 6.26 Å². The van der Waals surface area contributed by atoms with E-state index < -0.39 is 0 Å². The van der Waals surface area contributed by atoms with Crippen LogP contribution in [-0.4, -0.2) is 5.78 Å². The quantitative estimate of drug-likeness (QED) is 0.696. The second-order valence-electron chi connectivity index (χ2n) is 3.74. The molecule has 0 spiro atoms. The first-order valence-corrected chi connectivity index (χ1v) is 5.29. The van der Waals surface area contributed by atoms with E-state index >= 15 is 0 Å². The molecule has 2 heteroatoms. The highest BCUT2D eigenvalue weighted by Crippen LogP contribution is 2.11. The first-order chi connectivity index (χ1) is 6.74. The van der Waals surface area contributed by atoms with Crippen LogP contribution in [0.5, 0.6) is 0 Å². The molecule has 14 heavy (non-hydrogen) atoms. The molecular formula is C12H18O2. The third-order valence-electron chi connectivity index (χ3n) is 2.47. The van der Waals surface area contributed by atoms with Gasteiger partial charge in [-0.1, -0.05) is 20.3 Å². The Morgan fingerprint density at radius 1 is 1.57 bits per heavy atom. The zero-order valence-electron chi connectivity index (χ0n) is 8.95. The fourth-order valence-corrected chi connectivity index (χ4v) is 1.54. The average Bonchev–Trinajstić information content (AvgIpc) is 2.67.